The zero-order valence-electron chi connectivity index (χ0n) is 12.8. The number of halogens is 2. The van der Waals surface area contributed by atoms with E-state index in [0.717, 1.165) is 18.2 Å². The number of rotatable bonds is 2. The summed E-state index contributed by atoms with van der Waals surface area (Å²) in [6, 6.07) is 5.00. The number of hydrogen-bond donors (Lipinski definition) is 1. The minimum Gasteiger partial charge on any atom is -0.379 e. The van der Waals surface area contributed by atoms with Gasteiger partial charge in [0, 0.05) is 36.5 Å². The van der Waals surface area contributed by atoms with Crippen LogP contribution in [0.15, 0.2) is 24.3 Å². The van der Waals surface area contributed by atoms with E-state index in [0.29, 0.717) is 31.1 Å². The Balaban J connectivity index is 2.03. The molecule has 2 heterocycles. The first kappa shape index (κ1) is 15.6. The number of nitrogens with two attached hydrogens (primary N) is 1. The molecule has 3 rings (SSSR count). The summed E-state index contributed by atoms with van der Waals surface area (Å²) in [5.41, 5.74) is 6.85. The minimum atomic E-state index is -0.602. The van der Waals surface area contributed by atoms with Crippen LogP contribution >= 0.6 is 0 Å². The smallest absolute Gasteiger partial charge is 0.222 e. The third kappa shape index (κ3) is 3.39. The third-order valence-electron chi connectivity index (χ3n) is 3.81. The average Bonchev–Trinajstić information content (AvgIpc) is 2.72. The van der Waals surface area contributed by atoms with Gasteiger partial charge in [0.2, 0.25) is 5.95 Å². The number of aromatic nitrogens is 2. The van der Waals surface area contributed by atoms with Crippen LogP contribution in [0.25, 0.3) is 0 Å². The normalized spacial score (nSPS) is 18.7. The Morgan fingerprint density at radius 2 is 2.09 bits per heavy atom. The highest BCUT2D eigenvalue weighted by atomic mass is 19.1. The molecule has 1 fully saturated rings. The molecule has 23 heavy (non-hydrogen) atoms. The molecule has 0 saturated carbocycles. The van der Waals surface area contributed by atoms with Crippen molar-refractivity contribution in [1.29, 1.82) is 0 Å². The van der Waals surface area contributed by atoms with Gasteiger partial charge in [0.05, 0.1) is 12.6 Å². The molecule has 1 aliphatic heterocycles. The lowest BCUT2D eigenvalue weighted by Crippen LogP contribution is -2.32. The molecule has 0 radical (unpaired) electrons. The van der Waals surface area contributed by atoms with Gasteiger partial charge in [0.25, 0.3) is 0 Å². The van der Waals surface area contributed by atoms with Crippen LogP contribution in [0.3, 0.4) is 0 Å². The van der Waals surface area contributed by atoms with Gasteiger partial charge in [-0.15, -0.1) is 0 Å². The van der Waals surface area contributed by atoms with E-state index < -0.39 is 17.7 Å². The molecule has 2 N–H and O–H groups in total. The summed E-state index contributed by atoms with van der Waals surface area (Å²) in [4.78, 5) is 10.3. The van der Waals surface area contributed by atoms with E-state index in [2.05, 4.69) is 9.97 Å². The van der Waals surface area contributed by atoms with E-state index in [-0.39, 0.29) is 5.95 Å². The monoisotopic (exact) mass is 320 g/mol. The van der Waals surface area contributed by atoms with Crippen LogP contribution in [0.1, 0.15) is 23.7 Å². The van der Waals surface area contributed by atoms with Crippen molar-refractivity contribution in [2.75, 3.05) is 30.4 Å². The Hall–Kier alpha value is -2.28. The van der Waals surface area contributed by atoms with E-state index >= 15 is 0 Å². The largest absolute Gasteiger partial charge is 0.379 e. The highest BCUT2D eigenvalue weighted by Gasteiger charge is 2.27. The Kier molecular flexibility index (Phi) is 4.38. The van der Waals surface area contributed by atoms with Gasteiger partial charge in [0.1, 0.15) is 17.5 Å². The molecule has 2 aromatic rings. The Labute approximate surface area is 133 Å². The molecule has 1 aliphatic rings. The fourth-order valence-electron chi connectivity index (χ4n) is 2.80. The standard InChI is InChI=1S/C16H18F2N4O/c1-10-7-15(21-16(19)20-10)22-5-2-6-23-9-14(22)12-4-3-11(17)8-13(12)18/h3-4,7-8,14H,2,5-6,9H2,1H3,(H2,19,20,21)/t14-/m1/s1. The van der Waals surface area contributed by atoms with Crippen molar-refractivity contribution in [1.82, 2.24) is 9.97 Å². The Morgan fingerprint density at radius 3 is 2.83 bits per heavy atom. The van der Waals surface area contributed by atoms with Crippen molar-refractivity contribution in [3.8, 4) is 0 Å². The van der Waals surface area contributed by atoms with E-state index in [4.69, 9.17) is 10.5 Å². The third-order valence-corrected chi connectivity index (χ3v) is 3.81. The van der Waals surface area contributed by atoms with Crippen LogP contribution in [-0.4, -0.2) is 29.7 Å². The van der Waals surface area contributed by atoms with Gasteiger partial charge >= 0.3 is 0 Å². The minimum absolute atomic E-state index is 0.170. The van der Waals surface area contributed by atoms with Gasteiger partial charge in [-0.05, 0) is 19.4 Å². The Bertz CT molecular complexity index is 690. The van der Waals surface area contributed by atoms with Crippen LogP contribution in [0.4, 0.5) is 20.5 Å². The van der Waals surface area contributed by atoms with Crippen molar-refractivity contribution in [2.24, 2.45) is 0 Å². The van der Waals surface area contributed by atoms with Gasteiger partial charge in [-0.25, -0.2) is 13.8 Å². The zero-order valence-corrected chi connectivity index (χ0v) is 12.8. The van der Waals surface area contributed by atoms with Crippen molar-refractivity contribution < 1.29 is 13.5 Å². The first-order chi connectivity index (χ1) is 11.0. The topological polar surface area (TPSA) is 64.3 Å². The zero-order chi connectivity index (χ0) is 16.4. The van der Waals surface area contributed by atoms with Gasteiger partial charge in [-0.3, -0.25) is 0 Å². The molecule has 0 aliphatic carbocycles. The van der Waals surface area contributed by atoms with Crippen molar-refractivity contribution in [3.05, 3.63) is 47.2 Å². The molecule has 0 amide bonds. The summed E-state index contributed by atoms with van der Waals surface area (Å²) in [6.45, 7) is 3.33. The molecule has 1 saturated heterocycles. The van der Waals surface area contributed by atoms with Crippen molar-refractivity contribution in [3.63, 3.8) is 0 Å². The molecule has 1 atom stereocenters. The molecule has 1 aromatic carbocycles. The maximum Gasteiger partial charge on any atom is 0.222 e. The first-order valence-electron chi connectivity index (χ1n) is 7.45. The van der Waals surface area contributed by atoms with Gasteiger partial charge < -0.3 is 15.4 Å². The average molecular weight is 320 g/mol. The van der Waals surface area contributed by atoms with Crippen LogP contribution in [0.5, 0.6) is 0 Å². The second-order valence-corrected chi connectivity index (χ2v) is 5.53. The number of anilines is 2. The van der Waals surface area contributed by atoms with Crippen LogP contribution < -0.4 is 10.6 Å². The summed E-state index contributed by atoms with van der Waals surface area (Å²) in [5, 5.41) is 0. The highest BCUT2D eigenvalue weighted by molar-refractivity contribution is 5.46. The van der Waals surface area contributed by atoms with Crippen molar-refractivity contribution >= 4 is 11.8 Å². The van der Waals surface area contributed by atoms with Crippen LogP contribution in [0, 0.1) is 18.6 Å². The van der Waals surface area contributed by atoms with Gasteiger partial charge in [-0.1, -0.05) is 6.07 Å². The van der Waals surface area contributed by atoms with Crippen LogP contribution in [0.2, 0.25) is 0 Å². The molecular formula is C16H18F2N4O. The lowest BCUT2D eigenvalue weighted by Gasteiger charge is -2.31. The lowest BCUT2D eigenvalue weighted by atomic mass is 10.0. The van der Waals surface area contributed by atoms with E-state index in [1.807, 2.05) is 11.8 Å². The maximum atomic E-state index is 14.2. The number of nitrogens with zero attached hydrogens (tertiary/aromatic N) is 3. The summed E-state index contributed by atoms with van der Waals surface area (Å²) < 4.78 is 33.0. The summed E-state index contributed by atoms with van der Waals surface area (Å²) in [7, 11) is 0. The molecular weight excluding hydrogens is 302 g/mol. The number of ether oxygens (including phenoxy) is 1. The second kappa shape index (κ2) is 6.45. The van der Waals surface area contributed by atoms with E-state index in [1.54, 1.807) is 6.07 Å². The number of aryl methyl sites for hydroxylation is 1. The van der Waals surface area contributed by atoms with E-state index in [9.17, 15) is 8.78 Å². The van der Waals surface area contributed by atoms with Gasteiger partial charge in [0.15, 0.2) is 0 Å². The highest BCUT2D eigenvalue weighted by Crippen LogP contribution is 2.30. The van der Waals surface area contributed by atoms with E-state index in [1.165, 1.54) is 12.1 Å². The molecule has 0 bridgehead atoms. The predicted octanol–water partition coefficient (Wildman–Crippen LogP) is 2.61. The Morgan fingerprint density at radius 1 is 1.26 bits per heavy atom. The number of benzene rings is 1. The predicted molar refractivity (Wildman–Crippen MR) is 83.1 cm³/mol. The number of hydrogen-bond acceptors (Lipinski definition) is 5. The molecule has 1 aromatic heterocycles. The summed E-state index contributed by atoms with van der Waals surface area (Å²) in [6.07, 6.45) is 0.780. The van der Waals surface area contributed by atoms with Gasteiger partial charge in [-0.2, -0.15) is 4.98 Å². The molecule has 0 unspecified atom stereocenters. The quantitative estimate of drug-likeness (QED) is 0.921. The SMILES string of the molecule is Cc1cc(N2CCCOC[C@@H]2c2ccc(F)cc2F)nc(N)n1. The molecule has 0 spiro atoms. The fraction of sp³-hybridized carbons (Fsp3) is 0.375. The first-order valence-corrected chi connectivity index (χ1v) is 7.45. The molecule has 122 valence electrons. The summed E-state index contributed by atoms with van der Waals surface area (Å²) in [5.74, 6) is -0.406. The maximum absolute atomic E-state index is 14.2. The fourth-order valence-corrected chi connectivity index (χ4v) is 2.80. The lowest BCUT2D eigenvalue weighted by molar-refractivity contribution is 0.133. The molecule has 5 nitrogen and oxygen atoms in total. The van der Waals surface area contributed by atoms with Crippen LogP contribution in [-0.2, 0) is 4.74 Å². The summed E-state index contributed by atoms with van der Waals surface area (Å²) >= 11 is 0. The van der Waals surface area contributed by atoms with Crippen molar-refractivity contribution in [2.45, 2.75) is 19.4 Å². The second-order valence-electron chi connectivity index (χ2n) is 5.53. The number of nitrogen functional groups attached to an aromatic ring is 1. The molecule has 7 heteroatoms.